The molecule has 0 unspecified atom stereocenters. The summed E-state index contributed by atoms with van der Waals surface area (Å²) in [6, 6.07) is 12.2. The molecule has 0 spiro atoms. The molecule has 1 aliphatic heterocycles. The number of imide groups is 1. The first-order chi connectivity index (χ1) is 17.2. The SMILES string of the molecule is [C-]#[N+]C1=C(C)C(=Nc2ccc(N(CC)CCC(=O)OC)cc2)C(=O)N(c2ccc(C(=O)O)cc2)C1=O. The summed E-state index contributed by atoms with van der Waals surface area (Å²) in [6.07, 6.45) is 0.240. The number of methoxy groups -OCH3 is 1. The predicted octanol–water partition coefficient (Wildman–Crippen LogP) is 3.61. The minimum absolute atomic E-state index is 0.00512. The van der Waals surface area contributed by atoms with Crippen LogP contribution in [0.25, 0.3) is 4.85 Å². The van der Waals surface area contributed by atoms with E-state index in [2.05, 4.69) is 9.84 Å². The molecule has 0 saturated carbocycles. The van der Waals surface area contributed by atoms with Crippen molar-refractivity contribution in [3.63, 3.8) is 0 Å². The number of ether oxygens (including phenoxy) is 1. The van der Waals surface area contributed by atoms with E-state index in [1.807, 2.05) is 11.8 Å². The fraction of sp³-hybridized carbons (Fsp3) is 0.231. The zero-order valence-electron chi connectivity index (χ0n) is 20.0. The van der Waals surface area contributed by atoms with E-state index in [1.165, 1.54) is 38.3 Å². The molecule has 3 rings (SSSR count). The lowest BCUT2D eigenvalue weighted by molar-refractivity contribution is -0.140. The molecule has 10 nitrogen and oxygen atoms in total. The van der Waals surface area contributed by atoms with Gasteiger partial charge < -0.3 is 14.7 Å². The maximum absolute atomic E-state index is 13.3. The molecule has 184 valence electrons. The summed E-state index contributed by atoms with van der Waals surface area (Å²) in [4.78, 5) is 59.4. The lowest BCUT2D eigenvalue weighted by atomic mass is 10.0. The molecule has 1 aliphatic rings. The number of hydrogen-bond donors (Lipinski definition) is 1. The van der Waals surface area contributed by atoms with Gasteiger partial charge in [-0.25, -0.2) is 14.6 Å². The third kappa shape index (κ3) is 5.31. The van der Waals surface area contributed by atoms with Crippen molar-refractivity contribution < 1.29 is 29.0 Å². The first kappa shape index (κ1) is 25.8. The van der Waals surface area contributed by atoms with Crippen LogP contribution >= 0.6 is 0 Å². The smallest absolute Gasteiger partial charge is 0.335 e. The second-order valence-corrected chi connectivity index (χ2v) is 7.77. The van der Waals surface area contributed by atoms with Crippen molar-refractivity contribution in [3.8, 4) is 0 Å². The highest BCUT2D eigenvalue weighted by Crippen LogP contribution is 2.28. The molecule has 0 radical (unpaired) electrons. The lowest BCUT2D eigenvalue weighted by Crippen LogP contribution is -2.46. The molecule has 0 fully saturated rings. The number of esters is 1. The number of carbonyl (C=O) groups is 4. The number of carboxylic acids is 1. The van der Waals surface area contributed by atoms with Gasteiger partial charge >= 0.3 is 11.9 Å². The number of nitrogens with zero attached hydrogens (tertiary/aromatic N) is 4. The first-order valence-corrected chi connectivity index (χ1v) is 11.0. The van der Waals surface area contributed by atoms with Crippen molar-refractivity contribution in [1.82, 2.24) is 0 Å². The Kier molecular flexibility index (Phi) is 7.96. The molecule has 2 amide bonds. The third-order valence-corrected chi connectivity index (χ3v) is 5.66. The van der Waals surface area contributed by atoms with Crippen LogP contribution in [0.1, 0.15) is 30.6 Å². The van der Waals surface area contributed by atoms with E-state index in [0.717, 1.165) is 10.6 Å². The van der Waals surface area contributed by atoms with Gasteiger partial charge in [0.05, 0.1) is 37.0 Å². The van der Waals surface area contributed by atoms with Gasteiger partial charge in [-0.2, -0.15) is 0 Å². The van der Waals surface area contributed by atoms with Crippen LogP contribution in [0.15, 0.2) is 64.8 Å². The summed E-state index contributed by atoms with van der Waals surface area (Å²) >= 11 is 0. The highest BCUT2D eigenvalue weighted by molar-refractivity contribution is 6.57. The van der Waals surface area contributed by atoms with Crippen LogP contribution in [0, 0.1) is 6.57 Å². The number of aliphatic imine (C=N–C) groups is 1. The molecular weight excluding hydrogens is 464 g/mol. The van der Waals surface area contributed by atoms with E-state index in [1.54, 1.807) is 24.3 Å². The van der Waals surface area contributed by atoms with Gasteiger partial charge in [-0.15, -0.1) is 0 Å². The fourth-order valence-electron chi connectivity index (χ4n) is 3.65. The number of carboxylic acid groups (broad SMARTS) is 1. The summed E-state index contributed by atoms with van der Waals surface area (Å²) in [5.74, 6) is -2.96. The van der Waals surface area contributed by atoms with Gasteiger partial charge in [-0.1, -0.05) is 0 Å². The predicted molar refractivity (Wildman–Crippen MR) is 133 cm³/mol. The van der Waals surface area contributed by atoms with E-state index in [0.29, 0.717) is 18.8 Å². The lowest BCUT2D eigenvalue weighted by Gasteiger charge is -2.27. The average Bonchev–Trinajstić information content (AvgIpc) is 2.88. The molecule has 36 heavy (non-hydrogen) atoms. The number of anilines is 2. The van der Waals surface area contributed by atoms with Crippen molar-refractivity contribution >= 4 is 46.5 Å². The molecule has 0 atom stereocenters. The van der Waals surface area contributed by atoms with Crippen LogP contribution in [-0.4, -0.2) is 54.8 Å². The zero-order chi connectivity index (χ0) is 26.4. The van der Waals surface area contributed by atoms with E-state index in [-0.39, 0.29) is 40.6 Å². The van der Waals surface area contributed by atoms with Gasteiger partial charge in [-0.05, 0) is 68.0 Å². The molecule has 0 saturated heterocycles. The topological polar surface area (TPSA) is 121 Å². The Balaban J connectivity index is 1.94. The quantitative estimate of drug-likeness (QED) is 0.342. The van der Waals surface area contributed by atoms with E-state index < -0.39 is 17.8 Å². The largest absolute Gasteiger partial charge is 0.478 e. The standard InChI is InChI=1S/C26H24N4O6/c1-5-29(15-14-21(31)36-4)19-12-8-18(9-13-19)28-23-16(2)22(27-3)24(32)30(25(23)33)20-10-6-17(7-11-20)26(34)35/h6-13H,5,14-15H2,1-2,4H3,(H,34,35). The van der Waals surface area contributed by atoms with Gasteiger partial charge in [0.2, 0.25) is 0 Å². The van der Waals surface area contributed by atoms with Crippen LogP contribution < -0.4 is 9.80 Å². The molecule has 10 heteroatoms. The van der Waals surface area contributed by atoms with Crippen molar-refractivity contribution in [2.45, 2.75) is 20.3 Å². The molecule has 0 aromatic heterocycles. The molecule has 0 bridgehead atoms. The van der Waals surface area contributed by atoms with Gasteiger partial charge in [0, 0.05) is 18.8 Å². The molecule has 0 aliphatic carbocycles. The number of amides is 2. The van der Waals surface area contributed by atoms with Gasteiger partial charge in [-0.3, -0.25) is 19.3 Å². The fourth-order valence-corrected chi connectivity index (χ4v) is 3.65. The Morgan fingerprint density at radius 1 is 1.08 bits per heavy atom. The van der Waals surface area contributed by atoms with Crippen molar-refractivity contribution in [1.29, 1.82) is 0 Å². The minimum atomic E-state index is -1.15. The van der Waals surface area contributed by atoms with Crippen molar-refractivity contribution in [2.24, 2.45) is 4.99 Å². The number of benzene rings is 2. The molecule has 1 N–H and O–H groups in total. The van der Waals surface area contributed by atoms with E-state index in [9.17, 15) is 19.2 Å². The summed E-state index contributed by atoms with van der Waals surface area (Å²) in [5.41, 5.74) is 1.28. The van der Waals surface area contributed by atoms with Crippen LogP contribution in [0.5, 0.6) is 0 Å². The second kappa shape index (κ2) is 11.1. The Morgan fingerprint density at radius 3 is 2.25 bits per heavy atom. The number of hydrogen-bond acceptors (Lipinski definition) is 7. The monoisotopic (exact) mass is 488 g/mol. The molecular formula is C26H24N4O6. The Morgan fingerprint density at radius 2 is 1.72 bits per heavy atom. The van der Waals surface area contributed by atoms with Crippen LogP contribution in [0.2, 0.25) is 0 Å². The summed E-state index contributed by atoms with van der Waals surface area (Å²) in [5, 5.41) is 9.11. The van der Waals surface area contributed by atoms with E-state index >= 15 is 0 Å². The molecule has 2 aromatic rings. The van der Waals surface area contributed by atoms with E-state index in [4.69, 9.17) is 16.4 Å². The number of carbonyl (C=O) groups excluding carboxylic acids is 3. The van der Waals surface area contributed by atoms with Gasteiger partial charge in [0.25, 0.3) is 17.5 Å². The van der Waals surface area contributed by atoms with Crippen LogP contribution in [-0.2, 0) is 19.1 Å². The second-order valence-electron chi connectivity index (χ2n) is 7.77. The third-order valence-electron chi connectivity index (χ3n) is 5.66. The first-order valence-electron chi connectivity index (χ1n) is 11.0. The van der Waals surface area contributed by atoms with Gasteiger partial charge in [0.1, 0.15) is 5.71 Å². The maximum atomic E-state index is 13.3. The zero-order valence-corrected chi connectivity index (χ0v) is 20.0. The van der Waals surface area contributed by atoms with Crippen LogP contribution in [0.3, 0.4) is 0 Å². The normalized spacial score (nSPS) is 14.6. The summed E-state index contributed by atoms with van der Waals surface area (Å²) < 4.78 is 4.69. The Bertz CT molecular complexity index is 1300. The summed E-state index contributed by atoms with van der Waals surface area (Å²) in [6.45, 7) is 12.0. The highest BCUT2D eigenvalue weighted by Gasteiger charge is 2.38. The Labute approximate surface area is 207 Å². The van der Waals surface area contributed by atoms with Crippen molar-refractivity contribution in [2.75, 3.05) is 30.0 Å². The molecule has 2 aromatic carbocycles. The minimum Gasteiger partial charge on any atom is -0.478 e. The number of rotatable bonds is 8. The summed E-state index contributed by atoms with van der Waals surface area (Å²) in [7, 11) is 1.34. The molecule has 1 heterocycles. The number of aromatic carboxylic acids is 1. The average molecular weight is 489 g/mol. The van der Waals surface area contributed by atoms with Gasteiger partial charge in [0.15, 0.2) is 0 Å². The Hall–Kier alpha value is -4.78. The maximum Gasteiger partial charge on any atom is 0.335 e. The highest BCUT2D eigenvalue weighted by atomic mass is 16.5. The van der Waals surface area contributed by atoms with Crippen molar-refractivity contribution in [3.05, 3.63) is 76.8 Å². The van der Waals surface area contributed by atoms with Crippen LogP contribution in [0.4, 0.5) is 17.1 Å².